The standard InChI is InChI=1S/C42H25N3/c1-2-12-29-28(11-1)31(21-22-32(29)38-25-45-24-8-23-43-42(45)44-38)35-17-7-18-37-36-16-6-10-27-20-19-26-9-5-15-33(39(26)40(27)36)30-13-3-4-14-34(30)41(35)37/h1-25H. The molecular formula is C42H25N3. The molecule has 0 aliphatic heterocycles. The maximum absolute atomic E-state index is 4.87. The zero-order chi connectivity index (χ0) is 29.5. The van der Waals surface area contributed by atoms with Crippen LogP contribution in [0.1, 0.15) is 0 Å². The molecule has 0 N–H and O–H groups in total. The molecule has 0 bridgehead atoms. The molecule has 8 aromatic carbocycles. The van der Waals surface area contributed by atoms with Crippen LogP contribution < -0.4 is 0 Å². The van der Waals surface area contributed by atoms with Crippen molar-refractivity contribution in [3.05, 3.63) is 152 Å². The molecule has 45 heavy (non-hydrogen) atoms. The predicted octanol–water partition coefficient (Wildman–Crippen LogP) is 11.0. The number of aromatic nitrogens is 3. The minimum Gasteiger partial charge on any atom is -0.291 e. The lowest BCUT2D eigenvalue weighted by molar-refractivity contribution is 1.11. The molecule has 0 aliphatic carbocycles. The largest absolute Gasteiger partial charge is 0.291 e. The van der Waals surface area contributed by atoms with Gasteiger partial charge in [0.15, 0.2) is 0 Å². The SMILES string of the molecule is c1ccc2c(-c3cccc4c5cccc6ccc7cccc(c8ccccc8c34)c7c65)ccc(-c3cn4cccnc4n3)c2c1. The molecule has 0 radical (unpaired) electrons. The molecule has 0 fully saturated rings. The third kappa shape index (κ3) is 3.46. The number of nitrogens with zero attached hydrogens (tertiary/aromatic N) is 3. The summed E-state index contributed by atoms with van der Waals surface area (Å²) < 4.78 is 1.98. The lowest BCUT2D eigenvalue weighted by atomic mass is 9.86. The average molecular weight is 572 g/mol. The van der Waals surface area contributed by atoms with Crippen LogP contribution in [0, 0.1) is 0 Å². The van der Waals surface area contributed by atoms with Crippen molar-refractivity contribution in [3.63, 3.8) is 0 Å². The second-order valence-corrected chi connectivity index (χ2v) is 11.8. The smallest absolute Gasteiger partial charge is 0.234 e. The Labute approximate surface area is 258 Å². The molecule has 0 saturated heterocycles. The van der Waals surface area contributed by atoms with Gasteiger partial charge in [-0.3, -0.25) is 4.40 Å². The van der Waals surface area contributed by atoms with Gasteiger partial charge in [-0.1, -0.05) is 127 Å². The quantitative estimate of drug-likeness (QED) is 0.193. The maximum Gasteiger partial charge on any atom is 0.234 e. The molecule has 3 nitrogen and oxygen atoms in total. The number of fused-ring (bicyclic) bond motifs is 7. The van der Waals surface area contributed by atoms with Gasteiger partial charge in [-0.25, -0.2) is 9.97 Å². The van der Waals surface area contributed by atoms with Crippen LogP contribution in [0.4, 0.5) is 0 Å². The Morgan fingerprint density at radius 2 is 0.956 bits per heavy atom. The predicted molar refractivity (Wildman–Crippen MR) is 189 cm³/mol. The van der Waals surface area contributed by atoms with Crippen molar-refractivity contribution >= 4 is 70.4 Å². The fourth-order valence-electron chi connectivity index (χ4n) is 7.55. The van der Waals surface area contributed by atoms with Gasteiger partial charge in [-0.05, 0) is 81.8 Å². The van der Waals surface area contributed by atoms with E-state index in [1.54, 1.807) is 6.20 Å². The van der Waals surface area contributed by atoms with Crippen molar-refractivity contribution in [3.8, 4) is 22.4 Å². The fraction of sp³-hybridized carbons (Fsp3) is 0. The van der Waals surface area contributed by atoms with Crippen LogP contribution in [-0.4, -0.2) is 14.4 Å². The van der Waals surface area contributed by atoms with E-state index in [0.29, 0.717) is 5.78 Å². The minimum absolute atomic E-state index is 0.700. The average Bonchev–Trinajstić information content (AvgIpc) is 3.54. The number of hydrogen-bond donors (Lipinski definition) is 0. The summed E-state index contributed by atoms with van der Waals surface area (Å²) in [5.41, 5.74) is 4.45. The van der Waals surface area contributed by atoms with Crippen LogP contribution in [-0.2, 0) is 0 Å². The molecule has 0 unspecified atom stereocenters. The summed E-state index contributed by atoms with van der Waals surface area (Å²) in [7, 11) is 0. The van der Waals surface area contributed by atoms with Crippen molar-refractivity contribution in [2.45, 2.75) is 0 Å². The van der Waals surface area contributed by atoms with Crippen LogP contribution in [0.5, 0.6) is 0 Å². The Balaban J connectivity index is 1.38. The molecule has 2 heterocycles. The van der Waals surface area contributed by atoms with Crippen molar-refractivity contribution in [1.82, 2.24) is 14.4 Å². The van der Waals surface area contributed by atoms with E-state index in [2.05, 4.69) is 139 Å². The third-order valence-corrected chi connectivity index (χ3v) is 9.45. The second kappa shape index (κ2) is 9.22. The lowest BCUT2D eigenvalue weighted by Gasteiger charge is -2.17. The highest BCUT2D eigenvalue weighted by Crippen LogP contribution is 2.44. The Morgan fingerprint density at radius 1 is 0.400 bits per heavy atom. The zero-order valence-corrected chi connectivity index (χ0v) is 24.3. The van der Waals surface area contributed by atoms with Crippen LogP contribution in [0.2, 0.25) is 0 Å². The highest BCUT2D eigenvalue weighted by Gasteiger charge is 2.17. The Bertz CT molecular complexity index is 2790. The molecule has 0 atom stereocenters. The fourth-order valence-corrected chi connectivity index (χ4v) is 7.55. The van der Waals surface area contributed by atoms with Crippen LogP contribution >= 0.6 is 0 Å². The van der Waals surface area contributed by atoms with Gasteiger partial charge in [0.25, 0.3) is 0 Å². The van der Waals surface area contributed by atoms with E-state index < -0.39 is 0 Å². The van der Waals surface area contributed by atoms with E-state index in [9.17, 15) is 0 Å². The zero-order valence-electron chi connectivity index (χ0n) is 24.3. The van der Waals surface area contributed by atoms with E-state index >= 15 is 0 Å². The van der Waals surface area contributed by atoms with E-state index in [1.165, 1.54) is 75.8 Å². The van der Waals surface area contributed by atoms with E-state index in [0.717, 1.165) is 11.3 Å². The molecular weight excluding hydrogens is 546 g/mol. The summed E-state index contributed by atoms with van der Waals surface area (Å²) in [5, 5.41) is 15.1. The molecule has 3 heteroatoms. The van der Waals surface area contributed by atoms with Gasteiger partial charge in [-0.2, -0.15) is 0 Å². The van der Waals surface area contributed by atoms with Crippen molar-refractivity contribution in [1.29, 1.82) is 0 Å². The van der Waals surface area contributed by atoms with Crippen LogP contribution in [0.15, 0.2) is 152 Å². The number of rotatable bonds is 2. The lowest BCUT2D eigenvalue weighted by Crippen LogP contribution is -1.90. The summed E-state index contributed by atoms with van der Waals surface area (Å²) in [5.74, 6) is 0.700. The summed E-state index contributed by atoms with van der Waals surface area (Å²) in [6.07, 6.45) is 5.85. The number of imidazole rings is 1. The van der Waals surface area contributed by atoms with Crippen molar-refractivity contribution in [2.75, 3.05) is 0 Å². The number of hydrogen-bond acceptors (Lipinski definition) is 2. The van der Waals surface area contributed by atoms with E-state index in [-0.39, 0.29) is 0 Å². The topological polar surface area (TPSA) is 30.2 Å². The van der Waals surface area contributed by atoms with Gasteiger partial charge in [0.2, 0.25) is 5.78 Å². The monoisotopic (exact) mass is 571 g/mol. The molecule has 0 amide bonds. The van der Waals surface area contributed by atoms with Crippen molar-refractivity contribution in [2.24, 2.45) is 0 Å². The second-order valence-electron chi connectivity index (χ2n) is 11.8. The van der Waals surface area contributed by atoms with E-state index in [1.807, 2.05) is 16.7 Å². The Hall–Kier alpha value is -6.06. The van der Waals surface area contributed by atoms with Gasteiger partial charge < -0.3 is 0 Å². The van der Waals surface area contributed by atoms with Crippen LogP contribution in [0.25, 0.3) is 92.8 Å². The first-order valence-electron chi connectivity index (χ1n) is 15.3. The molecule has 0 spiro atoms. The number of benzene rings is 7. The van der Waals surface area contributed by atoms with Gasteiger partial charge in [-0.15, -0.1) is 0 Å². The van der Waals surface area contributed by atoms with Gasteiger partial charge >= 0.3 is 0 Å². The van der Waals surface area contributed by atoms with Crippen LogP contribution in [0.3, 0.4) is 0 Å². The first-order chi connectivity index (χ1) is 22.3. The highest BCUT2D eigenvalue weighted by atomic mass is 15.1. The third-order valence-electron chi connectivity index (χ3n) is 9.45. The maximum atomic E-state index is 4.87. The summed E-state index contributed by atoms with van der Waals surface area (Å²) in [6.45, 7) is 0. The molecule has 10 aromatic rings. The molecule has 2 aromatic heterocycles. The van der Waals surface area contributed by atoms with E-state index in [4.69, 9.17) is 4.98 Å². The molecule has 10 rings (SSSR count). The van der Waals surface area contributed by atoms with Gasteiger partial charge in [0, 0.05) is 24.2 Å². The highest BCUT2D eigenvalue weighted by molar-refractivity contribution is 6.34. The first kappa shape index (κ1) is 24.4. The van der Waals surface area contributed by atoms with Gasteiger partial charge in [0.1, 0.15) is 0 Å². The molecule has 0 saturated carbocycles. The Morgan fingerprint density at radius 3 is 1.69 bits per heavy atom. The first-order valence-corrected chi connectivity index (χ1v) is 15.3. The normalized spacial score (nSPS) is 12.0. The summed E-state index contributed by atoms with van der Waals surface area (Å²) >= 11 is 0. The minimum atomic E-state index is 0.700. The summed E-state index contributed by atoms with van der Waals surface area (Å²) in [4.78, 5) is 9.33. The molecule has 0 aliphatic rings. The Kier molecular flexibility index (Phi) is 5.00. The van der Waals surface area contributed by atoms with Gasteiger partial charge in [0.05, 0.1) is 5.69 Å². The molecule has 208 valence electrons. The van der Waals surface area contributed by atoms with Crippen molar-refractivity contribution < 1.29 is 0 Å². The summed E-state index contributed by atoms with van der Waals surface area (Å²) in [6, 6.07) is 48.9.